The second-order valence-corrected chi connectivity index (χ2v) is 4.84. The van der Waals surface area contributed by atoms with Gasteiger partial charge in [-0.3, -0.25) is 4.79 Å². The van der Waals surface area contributed by atoms with Crippen LogP contribution in [-0.2, 0) is 6.42 Å². The van der Waals surface area contributed by atoms with Crippen molar-refractivity contribution in [2.24, 2.45) is 0 Å². The lowest BCUT2D eigenvalue weighted by atomic mass is 10.2. The number of fused-ring (bicyclic) bond motifs is 1. The summed E-state index contributed by atoms with van der Waals surface area (Å²) in [5.41, 5.74) is 2.45. The number of rotatable bonds is 6. The van der Waals surface area contributed by atoms with Gasteiger partial charge in [0.05, 0.1) is 17.6 Å². The van der Waals surface area contributed by atoms with E-state index in [0.29, 0.717) is 12.2 Å². The highest BCUT2D eigenvalue weighted by molar-refractivity contribution is 5.84. The average Bonchev–Trinajstić information content (AvgIpc) is 2.94. The van der Waals surface area contributed by atoms with Crippen LogP contribution >= 0.6 is 0 Å². The fourth-order valence-electron chi connectivity index (χ4n) is 2.22. The molecule has 4 nitrogen and oxygen atoms in total. The summed E-state index contributed by atoms with van der Waals surface area (Å²) in [6.45, 7) is 0.653. The monoisotopic (exact) mass is 280 g/mol. The fraction of sp³-hybridized carbons (Fsp3) is 0.176. The van der Waals surface area contributed by atoms with Crippen LogP contribution in [0, 0.1) is 0 Å². The third-order valence-electron chi connectivity index (χ3n) is 3.26. The second kappa shape index (κ2) is 6.22. The maximum Gasteiger partial charge on any atom is 0.150 e. The summed E-state index contributed by atoms with van der Waals surface area (Å²) in [5.74, 6) is 1.81. The molecule has 1 N–H and O–H groups in total. The van der Waals surface area contributed by atoms with Crippen LogP contribution in [0.4, 0.5) is 0 Å². The zero-order valence-electron chi connectivity index (χ0n) is 11.6. The molecule has 0 saturated heterocycles. The van der Waals surface area contributed by atoms with Gasteiger partial charge in [-0.15, -0.1) is 0 Å². The molecule has 21 heavy (non-hydrogen) atoms. The molecule has 0 radical (unpaired) electrons. The molecule has 0 saturated carbocycles. The number of imidazole rings is 1. The van der Waals surface area contributed by atoms with Crippen molar-refractivity contribution < 1.29 is 9.53 Å². The van der Waals surface area contributed by atoms with Gasteiger partial charge in [0.15, 0.2) is 0 Å². The van der Waals surface area contributed by atoms with Crippen LogP contribution in [0.2, 0.25) is 0 Å². The number of aryl methyl sites for hydroxylation is 1. The molecule has 2 aromatic carbocycles. The zero-order valence-corrected chi connectivity index (χ0v) is 11.6. The molecule has 0 atom stereocenters. The summed E-state index contributed by atoms with van der Waals surface area (Å²) in [5, 5.41) is 0. The van der Waals surface area contributed by atoms with Crippen molar-refractivity contribution in [3.63, 3.8) is 0 Å². The fourth-order valence-corrected chi connectivity index (χ4v) is 2.22. The minimum absolute atomic E-state index is 0.653. The molecule has 3 rings (SSSR count). The SMILES string of the molecule is O=Cc1ccc2nc(CCCOc3ccccc3)[nH]c2c1. The van der Waals surface area contributed by atoms with Gasteiger partial charge in [0.25, 0.3) is 0 Å². The lowest BCUT2D eigenvalue weighted by Gasteiger charge is -2.04. The zero-order chi connectivity index (χ0) is 14.5. The summed E-state index contributed by atoms with van der Waals surface area (Å²) in [4.78, 5) is 18.5. The smallest absolute Gasteiger partial charge is 0.150 e. The highest BCUT2D eigenvalue weighted by Gasteiger charge is 2.03. The molecule has 0 fully saturated rings. The van der Waals surface area contributed by atoms with Crippen LogP contribution in [0.15, 0.2) is 48.5 Å². The number of hydrogen-bond donors (Lipinski definition) is 1. The number of para-hydroxylation sites is 1. The third-order valence-corrected chi connectivity index (χ3v) is 3.26. The van der Waals surface area contributed by atoms with Crippen molar-refractivity contribution in [1.82, 2.24) is 9.97 Å². The minimum atomic E-state index is 0.653. The van der Waals surface area contributed by atoms with Crippen LogP contribution in [0.25, 0.3) is 11.0 Å². The first-order valence-electron chi connectivity index (χ1n) is 6.97. The van der Waals surface area contributed by atoms with Crippen molar-refractivity contribution in [3.05, 3.63) is 59.9 Å². The quantitative estimate of drug-likeness (QED) is 0.556. The largest absolute Gasteiger partial charge is 0.494 e. The molecule has 4 heteroatoms. The number of aldehydes is 1. The number of aromatic amines is 1. The van der Waals surface area contributed by atoms with Crippen molar-refractivity contribution in [2.45, 2.75) is 12.8 Å². The summed E-state index contributed by atoms with van der Waals surface area (Å²) >= 11 is 0. The van der Waals surface area contributed by atoms with Gasteiger partial charge in [0.1, 0.15) is 17.9 Å². The molecule has 0 amide bonds. The molecule has 0 spiro atoms. The Hall–Kier alpha value is -2.62. The molecule has 0 aliphatic rings. The molecule has 106 valence electrons. The number of benzene rings is 2. The molecule has 1 aromatic heterocycles. The van der Waals surface area contributed by atoms with E-state index in [4.69, 9.17) is 4.74 Å². The Morgan fingerprint density at radius 2 is 2.00 bits per heavy atom. The Kier molecular flexibility index (Phi) is 3.96. The van der Waals surface area contributed by atoms with Gasteiger partial charge in [-0.05, 0) is 36.8 Å². The Morgan fingerprint density at radius 3 is 2.81 bits per heavy atom. The van der Waals surface area contributed by atoms with E-state index in [1.165, 1.54) is 0 Å². The van der Waals surface area contributed by atoms with Crippen molar-refractivity contribution in [1.29, 1.82) is 0 Å². The van der Waals surface area contributed by atoms with E-state index in [1.54, 1.807) is 6.07 Å². The van der Waals surface area contributed by atoms with Crippen molar-refractivity contribution in [3.8, 4) is 5.75 Å². The number of hydrogen-bond acceptors (Lipinski definition) is 3. The van der Waals surface area contributed by atoms with Gasteiger partial charge < -0.3 is 9.72 Å². The van der Waals surface area contributed by atoms with Crippen LogP contribution in [0.3, 0.4) is 0 Å². The lowest BCUT2D eigenvalue weighted by molar-refractivity contribution is 0.112. The first-order valence-corrected chi connectivity index (χ1v) is 6.97. The summed E-state index contributed by atoms with van der Waals surface area (Å²) in [6, 6.07) is 15.2. The predicted octanol–water partition coefficient (Wildman–Crippen LogP) is 3.39. The van der Waals surface area contributed by atoms with Crippen LogP contribution < -0.4 is 4.74 Å². The van der Waals surface area contributed by atoms with Gasteiger partial charge in [-0.1, -0.05) is 18.2 Å². The predicted molar refractivity (Wildman–Crippen MR) is 81.7 cm³/mol. The molecular formula is C17H16N2O2. The molecule has 0 unspecified atom stereocenters. The number of ether oxygens (including phenoxy) is 1. The molecule has 0 bridgehead atoms. The number of carbonyl (C=O) groups is 1. The summed E-state index contributed by atoms with van der Waals surface area (Å²) < 4.78 is 5.65. The van der Waals surface area contributed by atoms with Gasteiger partial charge in [0.2, 0.25) is 0 Å². The molecular weight excluding hydrogens is 264 g/mol. The van der Waals surface area contributed by atoms with Gasteiger partial charge in [-0.25, -0.2) is 4.98 Å². The summed E-state index contributed by atoms with van der Waals surface area (Å²) in [6.07, 6.45) is 2.54. The number of carbonyl (C=O) groups excluding carboxylic acids is 1. The van der Waals surface area contributed by atoms with E-state index in [-0.39, 0.29) is 0 Å². The van der Waals surface area contributed by atoms with E-state index < -0.39 is 0 Å². The van der Waals surface area contributed by atoms with Gasteiger partial charge >= 0.3 is 0 Å². The Morgan fingerprint density at radius 1 is 1.14 bits per heavy atom. The second-order valence-electron chi connectivity index (χ2n) is 4.84. The highest BCUT2D eigenvalue weighted by Crippen LogP contribution is 2.14. The van der Waals surface area contributed by atoms with Crippen LogP contribution in [-0.4, -0.2) is 22.9 Å². The molecule has 1 heterocycles. The van der Waals surface area contributed by atoms with E-state index in [9.17, 15) is 4.79 Å². The number of H-pyrrole nitrogens is 1. The molecule has 0 aliphatic heterocycles. The Bertz CT molecular complexity index is 735. The topological polar surface area (TPSA) is 55.0 Å². The lowest BCUT2D eigenvalue weighted by Crippen LogP contribution is -2.00. The van der Waals surface area contributed by atoms with Crippen molar-refractivity contribution >= 4 is 17.3 Å². The Labute approximate surface area is 122 Å². The first kappa shape index (κ1) is 13.4. The Balaban J connectivity index is 1.57. The molecule has 0 aliphatic carbocycles. The number of aromatic nitrogens is 2. The first-order chi connectivity index (χ1) is 10.3. The van der Waals surface area contributed by atoms with Gasteiger partial charge in [0, 0.05) is 12.0 Å². The van der Waals surface area contributed by atoms with E-state index in [0.717, 1.165) is 41.7 Å². The number of nitrogens with zero attached hydrogens (tertiary/aromatic N) is 1. The normalized spacial score (nSPS) is 10.7. The van der Waals surface area contributed by atoms with Gasteiger partial charge in [-0.2, -0.15) is 0 Å². The minimum Gasteiger partial charge on any atom is -0.494 e. The van der Waals surface area contributed by atoms with Crippen molar-refractivity contribution in [2.75, 3.05) is 6.61 Å². The van der Waals surface area contributed by atoms with Crippen LogP contribution in [0.5, 0.6) is 5.75 Å². The third kappa shape index (κ3) is 3.28. The van der Waals surface area contributed by atoms with Crippen LogP contribution in [0.1, 0.15) is 22.6 Å². The maximum absolute atomic E-state index is 10.8. The average molecular weight is 280 g/mol. The van der Waals surface area contributed by atoms with E-state index in [1.807, 2.05) is 42.5 Å². The van der Waals surface area contributed by atoms with E-state index >= 15 is 0 Å². The standard InChI is InChI=1S/C17H16N2O2/c20-12-13-8-9-15-16(11-13)19-17(18-15)7-4-10-21-14-5-2-1-3-6-14/h1-3,5-6,8-9,11-12H,4,7,10H2,(H,18,19). The maximum atomic E-state index is 10.8. The highest BCUT2D eigenvalue weighted by atomic mass is 16.5. The molecule has 3 aromatic rings. The number of nitrogens with one attached hydrogen (secondary N) is 1. The van der Waals surface area contributed by atoms with E-state index in [2.05, 4.69) is 9.97 Å². The summed E-state index contributed by atoms with van der Waals surface area (Å²) in [7, 11) is 0.